The molecule has 6 heteroatoms. The van der Waals surface area contributed by atoms with Crippen LogP contribution < -0.4 is 10.1 Å². The zero-order chi connectivity index (χ0) is 19.8. The molecule has 1 aromatic carbocycles. The van der Waals surface area contributed by atoms with Gasteiger partial charge in [0.15, 0.2) is 5.96 Å². The van der Waals surface area contributed by atoms with E-state index in [9.17, 15) is 0 Å². The lowest BCUT2D eigenvalue weighted by Crippen LogP contribution is -2.42. The number of ether oxygens (including phenoxy) is 2. The lowest BCUT2D eigenvalue weighted by molar-refractivity contribution is 0.0315. The zero-order valence-corrected chi connectivity index (χ0v) is 17.7. The minimum absolute atomic E-state index is 0.695. The fourth-order valence-corrected chi connectivity index (χ4v) is 4.04. The Balaban J connectivity index is 1.57. The van der Waals surface area contributed by atoms with Crippen molar-refractivity contribution in [2.75, 3.05) is 59.1 Å². The molecule has 2 saturated heterocycles. The van der Waals surface area contributed by atoms with Gasteiger partial charge in [-0.2, -0.15) is 0 Å². The molecule has 0 bridgehead atoms. The van der Waals surface area contributed by atoms with E-state index in [1.165, 1.54) is 24.1 Å². The molecule has 2 fully saturated rings. The van der Waals surface area contributed by atoms with Gasteiger partial charge in [-0.05, 0) is 50.3 Å². The van der Waals surface area contributed by atoms with Crippen molar-refractivity contribution in [3.8, 4) is 5.75 Å². The molecular formula is C22H36N4O2. The minimum atomic E-state index is 0.695. The summed E-state index contributed by atoms with van der Waals surface area (Å²) in [5.41, 5.74) is 2.40. The van der Waals surface area contributed by atoms with Crippen molar-refractivity contribution in [2.45, 2.75) is 33.7 Å². The second kappa shape index (κ2) is 10.7. The second-order valence-electron chi connectivity index (χ2n) is 7.72. The molecule has 0 spiro atoms. The number of hydrogen-bond acceptors (Lipinski definition) is 4. The van der Waals surface area contributed by atoms with Crippen LogP contribution in [0.15, 0.2) is 23.2 Å². The average Bonchev–Trinajstić information content (AvgIpc) is 3.16. The zero-order valence-electron chi connectivity index (χ0n) is 17.7. The van der Waals surface area contributed by atoms with Crippen LogP contribution in [0.3, 0.4) is 0 Å². The van der Waals surface area contributed by atoms with Crippen molar-refractivity contribution in [1.29, 1.82) is 0 Å². The summed E-state index contributed by atoms with van der Waals surface area (Å²) in [6.45, 7) is 15.8. The summed E-state index contributed by atoms with van der Waals surface area (Å²) in [7, 11) is 0. The van der Waals surface area contributed by atoms with E-state index in [-0.39, 0.29) is 0 Å². The van der Waals surface area contributed by atoms with E-state index in [1.54, 1.807) is 0 Å². The van der Waals surface area contributed by atoms with Crippen LogP contribution in [0.4, 0.5) is 0 Å². The van der Waals surface area contributed by atoms with Crippen molar-refractivity contribution in [1.82, 2.24) is 15.1 Å². The second-order valence-corrected chi connectivity index (χ2v) is 7.72. The summed E-state index contributed by atoms with van der Waals surface area (Å²) in [6, 6.07) is 6.37. The van der Waals surface area contributed by atoms with Gasteiger partial charge in [-0.1, -0.05) is 12.1 Å². The number of rotatable bonds is 7. The van der Waals surface area contributed by atoms with Gasteiger partial charge in [0.2, 0.25) is 0 Å². The number of morpholine rings is 1. The fraction of sp³-hybridized carbons (Fsp3) is 0.682. The number of nitrogens with one attached hydrogen (secondary N) is 1. The number of nitrogens with zero attached hydrogens (tertiary/aromatic N) is 3. The van der Waals surface area contributed by atoms with Crippen LogP contribution in [0.1, 0.15) is 31.4 Å². The maximum atomic E-state index is 5.64. The molecule has 1 N–H and O–H groups in total. The molecule has 2 heterocycles. The molecule has 3 rings (SSSR count). The van der Waals surface area contributed by atoms with E-state index in [4.69, 9.17) is 14.5 Å². The minimum Gasteiger partial charge on any atom is -0.494 e. The quantitative estimate of drug-likeness (QED) is 0.575. The Hall–Kier alpha value is -1.79. The maximum absolute atomic E-state index is 5.64. The van der Waals surface area contributed by atoms with Gasteiger partial charge < -0.3 is 19.7 Å². The third-order valence-electron chi connectivity index (χ3n) is 5.49. The van der Waals surface area contributed by atoms with Gasteiger partial charge in [-0.3, -0.25) is 4.90 Å². The number of guanidine groups is 1. The fourth-order valence-electron chi connectivity index (χ4n) is 4.04. The third kappa shape index (κ3) is 5.85. The molecule has 0 amide bonds. The predicted octanol–water partition coefficient (Wildman–Crippen LogP) is 2.51. The van der Waals surface area contributed by atoms with E-state index in [0.717, 1.165) is 63.6 Å². The number of aryl methyl sites for hydroxylation is 1. The van der Waals surface area contributed by atoms with E-state index in [1.807, 2.05) is 6.92 Å². The van der Waals surface area contributed by atoms with Gasteiger partial charge in [0.05, 0.1) is 26.4 Å². The number of hydrogen-bond donors (Lipinski definition) is 1. The number of benzene rings is 1. The number of aliphatic imine (C=N–C) groups is 1. The Labute approximate surface area is 169 Å². The maximum Gasteiger partial charge on any atom is 0.194 e. The van der Waals surface area contributed by atoms with E-state index in [2.05, 4.69) is 47.2 Å². The molecule has 1 atom stereocenters. The van der Waals surface area contributed by atoms with E-state index in [0.29, 0.717) is 13.2 Å². The Morgan fingerprint density at radius 3 is 2.79 bits per heavy atom. The SMILES string of the molecule is CCNC(=NCc1ccc(OCC)c(C)c1)N1CCC(CN2CCOCC2)C1. The first kappa shape index (κ1) is 20.9. The molecule has 156 valence electrons. The van der Waals surface area contributed by atoms with Crippen molar-refractivity contribution in [3.63, 3.8) is 0 Å². The van der Waals surface area contributed by atoms with Crippen molar-refractivity contribution in [3.05, 3.63) is 29.3 Å². The van der Waals surface area contributed by atoms with Gasteiger partial charge in [-0.25, -0.2) is 4.99 Å². The first-order valence-corrected chi connectivity index (χ1v) is 10.7. The van der Waals surface area contributed by atoms with Crippen molar-refractivity contribution >= 4 is 5.96 Å². The summed E-state index contributed by atoms with van der Waals surface area (Å²) >= 11 is 0. The normalized spacial score (nSPS) is 21.2. The Morgan fingerprint density at radius 1 is 1.25 bits per heavy atom. The van der Waals surface area contributed by atoms with Gasteiger partial charge in [-0.15, -0.1) is 0 Å². The lowest BCUT2D eigenvalue weighted by atomic mass is 10.1. The molecule has 0 aliphatic carbocycles. The molecule has 28 heavy (non-hydrogen) atoms. The van der Waals surface area contributed by atoms with E-state index >= 15 is 0 Å². The first-order chi connectivity index (χ1) is 13.7. The van der Waals surface area contributed by atoms with Crippen LogP contribution in [0.5, 0.6) is 5.75 Å². The summed E-state index contributed by atoms with van der Waals surface area (Å²) in [4.78, 5) is 9.89. The molecule has 1 aromatic rings. The van der Waals surface area contributed by atoms with E-state index < -0.39 is 0 Å². The monoisotopic (exact) mass is 388 g/mol. The summed E-state index contributed by atoms with van der Waals surface area (Å²) in [5.74, 6) is 2.72. The smallest absolute Gasteiger partial charge is 0.194 e. The van der Waals surface area contributed by atoms with Crippen LogP contribution in [-0.4, -0.2) is 74.8 Å². The summed E-state index contributed by atoms with van der Waals surface area (Å²) in [5, 5.41) is 3.48. The van der Waals surface area contributed by atoms with Crippen LogP contribution in [0, 0.1) is 12.8 Å². The molecule has 0 radical (unpaired) electrons. The highest BCUT2D eigenvalue weighted by atomic mass is 16.5. The highest BCUT2D eigenvalue weighted by Crippen LogP contribution is 2.21. The summed E-state index contributed by atoms with van der Waals surface area (Å²) in [6.07, 6.45) is 1.24. The summed E-state index contributed by atoms with van der Waals surface area (Å²) < 4.78 is 11.1. The van der Waals surface area contributed by atoms with Gasteiger partial charge in [0.1, 0.15) is 5.75 Å². The van der Waals surface area contributed by atoms with Gasteiger partial charge in [0.25, 0.3) is 0 Å². The van der Waals surface area contributed by atoms with Crippen molar-refractivity contribution in [2.24, 2.45) is 10.9 Å². The average molecular weight is 389 g/mol. The highest BCUT2D eigenvalue weighted by Gasteiger charge is 2.27. The van der Waals surface area contributed by atoms with Crippen molar-refractivity contribution < 1.29 is 9.47 Å². The van der Waals surface area contributed by atoms with Gasteiger partial charge in [0, 0.05) is 39.3 Å². The Bertz CT molecular complexity index is 643. The molecule has 1 unspecified atom stereocenters. The van der Waals surface area contributed by atoms with Crippen LogP contribution >= 0.6 is 0 Å². The molecule has 0 saturated carbocycles. The van der Waals surface area contributed by atoms with Crippen LogP contribution in [0.25, 0.3) is 0 Å². The molecule has 2 aliphatic heterocycles. The Morgan fingerprint density at radius 2 is 2.07 bits per heavy atom. The first-order valence-electron chi connectivity index (χ1n) is 10.7. The third-order valence-corrected chi connectivity index (χ3v) is 5.49. The van der Waals surface area contributed by atoms with Crippen LogP contribution in [-0.2, 0) is 11.3 Å². The highest BCUT2D eigenvalue weighted by molar-refractivity contribution is 5.80. The largest absolute Gasteiger partial charge is 0.494 e. The predicted molar refractivity (Wildman–Crippen MR) is 114 cm³/mol. The molecule has 2 aliphatic rings. The van der Waals surface area contributed by atoms with Gasteiger partial charge >= 0.3 is 0 Å². The Kier molecular flexibility index (Phi) is 7.98. The molecule has 0 aromatic heterocycles. The van der Waals surface area contributed by atoms with Crippen LogP contribution in [0.2, 0.25) is 0 Å². The lowest BCUT2D eigenvalue weighted by Gasteiger charge is -2.29. The topological polar surface area (TPSA) is 49.3 Å². The molecule has 6 nitrogen and oxygen atoms in total. The number of likely N-dealkylation sites (tertiary alicyclic amines) is 1. The molecular weight excluding hydrogens is 352 g/mol. The standard InChI is InChI=1S/C22H36N4O2/c1-4-23-22(24-15-19-6-7-21(28-5-2)18(3)14-19)26-9-8-20(17-26)16-25-10-12-27-13-11-25/h6-7,14,20H,4-5,8-13,15-17H2,1-3H3,(H,23,24).